The number of carbonyl (C=O) groups excluding carboxylic acids is 3. The van der Waals surface area contributed by atoms with E-state index in [1.54, 1.807) is 11.8 Å². The van der Waals surface area contributed by atoms with E-state index in [9.17, 15) is 40.7 Å². The monoisotopic (exact) mass is 653 g/mol. The van der Waals surface area contributed by atoms with E-state index in [-0.39, 0.29) is 50.4 Å². The number of amides is 3. The molecule has 0 aromatic heterocycles. The number of fused-ring (bicyclic) bond motifs is 1. The summed E-state index contributed by atoms with van der Waals surface area (Å²) in [5.41, 5.74) is -4.16. The zero-order valence-corrected chi connectivity index (χ0v) is 25.2. The zero-order valence-electron chi connectivity index (χ0n) is 25.2. The summed E-state index contributed by atoms with van der Waals surface area (Å²) in [4.78, 5) is 51.5. The molecule has 0 spiro atoms. The van der Waals surface area contributed by atoms with Crippen molar-refractivity contribution in [2.45, 2.75) is 63.9 Å². The molecule has 5 rings (SSSR count). The standard InChI is InChI=1S/C31H33F6N5O4/c1-20-38-10-13-39(20)11-8-25-27(44)40(17-21-6-4-3-5-7-21)19-29(2)41(12-9-26(43)42(25)29)28(45)46-18-22-14-23(30(32,33)34)16-24(15-22)31(35,36)37/h3-7,14-16,25H,8-13,17-19H2,1-2H3/t25-,29+/m0/s1. The number of halogens is 6. The summed E-state index contributed by atoms with van der Waals surface area (Å²) in [6, 6.07) is 9.17. The number of benzene rings is 2. The molecule has 3 amide bonds. The van der Waals surface area contributed by atoms with Gasteiger partial charge in [-0.05, 0) is 49.6 Å². The van der Waals surface area contributed by atoms with Gasteiger partial charge in [-0.3, -0.25) is 19.5 Å². The Morgan fingerprint density at radius 3 is 2.20 bits per heavy atom. The third-order valence-electron chi connectivity index (χ3n) is 8.60. The molecule has 0 unspecified atom stereocenters. The van der Waals surface area contributed by atoms with Gasteiger partial charge in [-0.1, -0.05) is 30.3 Å². The van der Waals surface area contributed by atoms with E-state index >= 15 is 0 Å². The van der Waals surface area contributed by atoms with Crippen molar-refractivity contribution >= 4 is 23.7 Å². The third kappa shape index (κ3) is 6.77. The van der Waals surface area contributed by atoms with Crippen LogP contribution in [0.1, 0.15) is 48.9 Å². The molecule has 0 bridgehead atoms. The normalized spacial score (nSPS) is 22.3. The molecule has 3 heterocycles. The van der Waals surface area contributed by atoms with Gasteiger partial charge in [0.1, 0.15) is 18.3 Å². The number of nitrogens with zero attached hydrogens (tertiary/aromatic N) is 5. The van der Waals surface area contributed by atoms with E-state index in [1.807, 2.05) is 42.2 Å². The van der Waals surface area contributed by atoms with Crippen LogP contribution in [-0.4, -0.2) is 87.8 Å². The average Bonchev–Trinajstić information content (AvgIpc) is 3.40. The maximum absolute atomic E-state index is 13.9. The highest BCUT2D eigenvalue weighted by molar-refractivity contribution is 5.91. The zero-order chi connectivity index (χ0) is 33.4. The van der Waals surface area contributed by atoms with Crippen LogP contribution in [0.2, 0.25) is 0 Å². The summed E-state index contributed by atoms with van der Waals surface area (Å²) in [6.07, 6.45) is -11.1. The van der Waals surface area contributed by atoms with E-state index in [4.69, 9.17) is 4.74 Å². The first kappa shape index (κ1) is 33.1. The number of amidine groups is 1. The highest BCUT2D eigenvalue weighted by atomic mass is 19.4. The minimum absolute atomic E-state index is 0.00349. The highest BCUT2D eigenvalue weighted by Gasteiger charge is 2.56. The van der Waals surface area contributed by atoms with Crippen molar-refractivity contribution in [2.75, 3.05) is 32.7 Å². The maximum Gasteiger partial charge on any atom is 0.416 e. The molecule has 3 aliphatic heterocycles. The smallest absolute Gasteiger partial charge is 0.416 e. The Morgan fingerprint density at radius 2 is 1.61 bits per heavy atom. The van der Waals surface area contributed by atoms with Crippen LogP contribution < -0.4 is 0 Å². The molecule has 2 aromatic rings. The second kappa shape index (κ2) is 12.5. The molecule has 9 nitrogen and oxygen atoms in total. The molecule has 2 saturated heterocycles. The van der Waals surface area contributed by atoms with Crippen LogP contribution >= 0.6 is 0 Å². The fourth-order valence-electron chi connectivity index (χ4n) is 6.35. The third-order valence-corrected chi connectivity index (χ3v) is 8.60. The van der Waals surface area contributed by atoms with E-state index < -0.39 is 53.4 Å². The summed E-state index contributed by atoms with van der Waals surface area (Å²) >= 11 is 0. The van der Waals surface area contributed by atoms with Gasteiger partial charge in [0, 0.05) is 32.6 Å². The first-order chi connectivity index (χ1) is 21.6. The molecule has 3 aliphatic rings. The van der Waals surface area contributed by atoms with Gasteiger partial charge < -0.3 is 19.4 Å². The lowest BCUT2D eigenvalue weighted by atomic mass is 9.92. The van der Waals surface area contributed by atoms with Crippen LogP contribution in [0.3, 0.4) is 0 Å². The number of hydrogen-bond acceptors (Lipinski definition) is 6. The van der Waals surface area contributed by atoms with E-state index in [0.717, 1.165) is 11.4 Å². The van der Waals surface area contributed by atoms with E-state index in [1.165, 1.54) is 9.80 Å². The molecule has 2 fully saturated rings. The van der Waals surface area contributed by atoms with Crippen molar-refractivity contribution in [3.05, 3.63) is 70.8 Å². The first-order valence-corrected chi connectivity index (χ1v) is 14.7. The van der Waals surface area contributed by atoms with Crippen LogP contribution in [0.25, 0.3) is 0 Å². The Hall–Kier alpha value is -4.30. The number of alkyl halides is 6. The van der Waals surface area contributed by atoms with Crippen molar-refractivity contribution < 1.29 is 45.5 Å². The summed E-state index contributed by atoms with van der Waals surface area (Å²) in [5.74, 6) is 0.150. The second-order valence-corrected chi connectivity index (χ2v) is 11.8. The first-order valence-electron chi connectivity index (χ1n) is 14.7. The van der Waals surface area contributed by atoms with Gasteiger partial charge in [-0.2, -0.15) is 26.3 Å². The number of aliphatic imine (C=N–C) groups is 1. The Kier molecular flexibility index (Phi) is 8.97. The Morgan fingerprint density at radius 1 is 0.957 bits per heavy atom. The van der Waals surface area contributed by atoms with E-state index in [2.05, 4.69) is 4.99 Å². The molecule has 15 heteroatoms. The molecule has 2 atom stereocenters. The lowest BCUT2D eigenvalue weighted by Crippen LogP contribution is -2.77. The number of piperazine rings is 1. The van der Waals surface area contributed by atoms with Gasteiger partial charge in [0.25, 0.3) is 0 Å². The summed E-state index contributed by atoms with van der Waals surface area (Å²) in [5, 5.41) is 0. The van der Waals surface area contributed by atoms with Crippen molar-refractivity contribution in [1.82, 2.24) is 19.6 Å². The molecular weight excluding hydrogens is 620 g/mol. The Balaban J connectivity index is 1.42. The van der Waals surface area contributed by atoms with Crippen LogP contribution in [0.5, 0.6) is 0 Å². The minimum Gasteiger partial charge on any atom is -0.444 e. The molecule has 0 radical (unpaired) electrons. The number of ether oxygens (including phenoxy) is 1. The molecule has 0 aliphatic carbocycles. The largest absolute Gasteiger partial charge is 0.444 e. The lowest BCUT2D eigenvalue weighted by Gasteiger charge is -2.58. The van der Waals surface area contributed by atoms with Crippen molar-refractivity contribution in [3.8, 4) is 0 Å². The van der Waals surface area contributed by atoms with Gasteiger partial charge in [-0.15, -0.1) is 0 Å². The average molecular weight is 654 g/mol. The molecular formula is C31H33F6N5O4. The van der Waals surface area contributed by atoms with Crippen molar-refractivity contribution in [2.24, 2.45) is 4.99 Å². The Labute approximate surface area is 261 Å². The number of hydrogen-bond donors (Lipinski definition) is 0. The highest BCUT2D eigenvalue weighted by Crippen LogP contribution is 2.38. The quantitative estimate of drug-likeness (QED) is 0.387. The predicted molar refractivity (Wildman–Crippen MR) is 153 cm³/mol. The van der Waals surface area contributed by atoms with Gasteiger partial charge >= 0.3 is 18.4 Å². The topological polar surface area (TPSA) is 85.8 Å². The fraction of sp³-hybridized carbons (Fsp3) is 0.484. The molecule has 46 heavy (non-hydrogen) atoms. The van der Waals surface area contributed by atoms with Crippen molar-refractivity contribution in [1.29, 1.82) is 0 Å². The fourth-order valence-corrected chi connectivity index (χ4v) is 6.35. The van der Waals surface area contributed by atoms with Gasteiger partial charge in [-0.25, -0.2) is 4.79 Å². The SMILES string of the molecule is CC1=NCCN1CC[C@H]1C(=O)N(Cc2ccccc2)C[C@]2(C)N(C(=O)OCc3cc(C(F)(F)F)cc(C(F)(F)F)c3)CCC(=O)N12. The van der Waals surface area contributed by atoms with Gasteiger partial charge in [0.2, 0.25) is 11.8 Å². The summed E-state index contributed by atoms with van der Waals surface area (Å²) in [7, 11) is 0. The van der Waals surface area contributed by atoms with Crippen LogP contribution in [0.15, 0.2) is 53.5 Å². The van der Waals surface area contributed by atoms with Crippen LogP contribution in [0.4, 0.5) is 31.1 Å². The van der Waals surface area contributed by atoms with Crippen molar-refractivity contribution in [3.63, 3.8) is 0 Å². The Bertz CT molecular complexity index is 1480. The molecule has 0 saturated carbocycles. The number of rotatable bonds is 7. The lowest BCUT2D eigenvalue weighted by molar-refractivity contribution is -0.185. The minimum atomic E-state index is -5.06. The van der Waals surface area contributed by atoms with Crippen LogP contribution in [-0.2, 0) is 39.8 Å². The van der Waals surface area contributed by atoms with Gasteiger partial charge in [0.15, 0.2) is 0 Å². The summed E-state index contributed by atoms with van der Waals surface area (Å²) in [6.45, 7) is 4.25. The molecule has 0 N–H and O–H groups in total. The number of carbonyl (C=O) groups is 3. The second-order valence-electron chi connectivity index (χ2n) is 11.8. The van der Waals surface area contributed by atoms with Gasteiger partial charge in [0.05, 0.1) is 30.1 Å². The summed E-state index contributed by atoms with van der Waals surface area (Å²) < 4.78 is 85.6. The predicted octanol–water partition coefficient (Wildman–Crippen LogP) is 5.15. The van der Waals surface area contributed by atoms with E-state index in [0.29, 0.717) is 31.8 Å². The molecule has 248 valence electrons. The van der Waals surface area contributed by atoms with Crippen LogP contribution in [0, 0.1) is 0 Å². The maximum atomic E-state index is 13.9. The molecule has 2 aromatic carbocycles.